The van der Waals surface area contributed by atoms with E-state index >= 15 is 0 Å². The lowest BCUT2D eigenvalue weighted by atomic mass is 10.1. The number of carbonyl (C=O) groups is 2. The third-order valence-corrected chi connectivity index (χ3v) is 3.76. The number of piperazine rings is 1. The number of anilines is 1. The number of nitrogens with zero attached hydrogens (tertiary/aromatic N) is 1. The molecule has 2 amide bonds. The van der Waals surface area contributed by atoms with Crippen LogP contribution < -0.4 is 15.1 Å². The number of ether oxygens (including phenoxy) is 1. The minimum Gasteiger partial charge on any atom is -0.453 e. The van der Waals surface area contributed by atoms with Crippen molar-refractivity contribution in [2.24, 2.45) is 0 Å². The summed E-state index contributed by atoms with van der Waals surface area (Å²) in [7, 11) is 1.25. The third kappa shape index (κ3) is 4.19. The van der Waals surface area contributed by atoms with E-state index in [0.29, 0.717) is 6.54 Å². The van der Waals surface area contributed by atoms with Crippen LogP contribution in [0.4, 0.5) is 10.5 Å². The number of quaternary nitrogens is 1. The maximum Gasteiger partial charge on any atom is 0.413 e. The standard InChI is InChI=1S/C15H21N3O3/c1-12-5-3-4-6-13(12)18-9-7-17(8-10-18)11-14(19)16-15(20)21-2/h3-6H,7-11H2,1-2H3,(H,16,19,20)/p+1. The van der Waals surface area contributed by atoms with Crippen molar-refractivity contribution < 1.29 is 19.2 Å². The number of aryl methyl sites for hydroxylation is 1. The van der Waals surface area contributed by atoms with Gasteiger partial charge in [0, 0.05) is 5.69 Å². The number of nitrogens with one attached hydrogen (secondary N) is 2. The second kappa shape index (κ2) is 7.08. The highest BCUT2D eigenvalue weighted by molar-refractivity contribution is 5.92. The number of alkyl carbamates (subject to hydrolysis) is 1. The first kappa shape index (κ1) is 15.3. The largest absolute Gasteiger partial charge is 0.453 e. The number of benzene rings is 1. The zero-order valence-corrected chi connectivity index (χ0v) is 12.5. The van der Waals surface area contributed by atoms with Gasteiger partial charge in [-0.2, -0.15) is 0 Å². The molecule has 6 heteroatoms. The number of rotatable bonds is 3. The van der Waals surface area contributed by atoms with E-state index in [2.05, 4.69) is 34.0 Å². The van der Waals surface area contributed by atoms with Gasteiger partial charge in [-0.1, -0.05) is 18.2 Å². The summed E-state index contributed by atoms with van der Waals surface area (Å²) in [5, 5.41) is 2.19. The van der Waals surface area contributed by atoms with Gasteiger partial charge in [0.25, 0.3) is 5.91 Å². The van der Waals surface area contributed by atoms with E-state index < -0.39 is 6.09 Å². The molecule has 1 aromatic rings. The van der Waals surface area contributed by atoms with Crippen molar-refractivity contribution in [1.82, 2.24) is 5.32 Å². The van der Waals surface area contributed by atoms with Crippen molar-refractivity contribution in [1.29, 1.82) is 0 Å². The maximum absolute atomic E-state index is 11.6. The lowest BCUT2D eigenvalue weighted by Crippen LogP contribution is -3.16. The Hall–Kier alpha value is -2.08. The van der Waals surface area contributed by atoms with Gasteiger partial charge in [-0.05, 0) is 18.6 Å². The molecule has 0 aliphatic carbocycles. The summed E-state index contributed by atoms with van der Waals surface area (Å²) in [5.74, 6) is -0.291. The van der Waals surface area contributed by atoms with Gasteiger partial charge in [0.2, 0.25) is 0 Å². The first-order chi connectivity index (χ1) is 10.1. The number of carbonyl (C=O) groups excluding carboxylic acids is 2. The van der Waals surface area contributed by atoms with E-state index in [1.54, 1.807) is 0 Å². The molecule has 0 unspecified atom stereocenters. The molecule has 0 radical (unpaired) electrons. The van der Waals surface area contributed by atoms with E-state index in [4.69, 9.17) is 0 Å². The van der Waals surface area contributed by atoms with Crippen molar-refractivity contribution >= 4 is 17.7 Å². The predicted octanol–water partition coefficient (Wildman–Crippen LogP) is -0.417. The maximum atomic E-state index is 11.6. The van der Waals surface area contributed by atoms with Crippen molar-refractivity contribution in [3.8, 4) is 0 Å². The van der Waals surface area contributed by atoms with Crippen molar-refractivity contribution in [3.63, 3.8) is 0 Å². The van der Waals surface area contributed by atoms with Crippen LogP contribution >= 0.6 is 0 Å². The molecule has 21 heavy (non-hydrogen) atoms. The summed E-state index contributed by atoms with van der Waals surface area (Å²) in [4.78, 5) is 26.1. The van der Waals surface area contributed by atoms with Crippen LogP contribution in [0, 0.1) is 6.92 Å². The number of methoxy groups -OCH3 is 1. The molecule has 1 aromatic carbocycles. The number of amides is 2. The van der Waals surface area contributed by atoms with Crippen LogP contribution in [-0.2, 0) is 9.53 Å². The smallest absolute Gasteiger partial charge is 0.413 e. The van der Waals surface area contributed by atoms with Gasteiger partial charge < -0.3 is 14.5 Å². The van der Waals surface area contributed by atoms with E-state index in [9.17, 15) is 9.59 Å². The summed E-state index contributed by atoms with van der Waals surface area (Å²) in [5.41, 5.74) is 2.53. The fourth-order valence-electron chi connectivity index (χ4n) is 2.59. The number of hydrogen-bond donors (Lipinski definition) is 2. The van der Waals surface area contributed by atoms with Gasteiger partial charge in [0.15, 0.2) is 6.54 Å². The van der Waals surface area contributed by atoms with Crippen LogP contribution in [0.25, 0.3) is 0 Å². The van der Waals surface area contributed by atoms with E-state index in [-0.39, 0.29) is 5.91 Å². The molecule has 0 atom stereocenters. The molecule has 6 nitrogen and oxygen atoms in total. The molecule has 2 rings (SSSR count). The highest BCUT2D eigenvalue weighted by Gasteiger charge is 2.23. The van der Waals surface area contributed by atoms with Crippen LogP contribution in [0.3, 0.4) is 0 Å². The molecule has 0 saturated carbocycles. The van der Waals surface area contributed by atoms with Crippen molar-refractivity contribution in [2.75, 3.05) is 44.7 Å². The first-order valence-electron chi connectivity index (χ1n) is 7.12. The molecule has 2 N–H and O–H groups in total. The lowest BCUT2D eigenvalue weighted by Gasteiger charge is -2.34. The zero-order chi connectivity index (χ0) is 15.2. The summed E-state index contributed by atoms with van der Waals surface area (Å²) >= 11 is 0. The van der Waals surface area contributed by atoms with Crippen LogP contribution in [0.2, 0.25) is 0 Å². The van der Waals surface area contributed by atoms with Gasteiger partial charge >= 0.3 is 6.09 Å². The van der Waals surface area contributed by atoms with E-state index in [1.165, 1.54) is 23.3 Å². The molecule has 1 aliphatic heterocycles. The normalized spacial score (nSPS) is 15.6. The number of imide groups is 1. The molecule has 114 valence electrons. The first-order valence-corrected chi connectivity index (χ1v) is 7.12. The average Bonchev–Trinajstić information content (AvgIpc) is 2.48. The minimum absolute atomic E-state index is 0.291. The average molecular weight is 292 g/mol. The van der Waals surface area contributed by atoms with Crippen LogP contribution in [0.1, 0.15) is 5.56 Å². The monoisotopic (exact) mass is 292 g/mol. The Bertz CT molecular complexity index is 511. The van der Waals surface area contributed by atoms with Gasteiger partial charge in [-0.3, -0.25) is 10.1 Å². The Morgan fingerprint density at radius 1 is 1.29 bits per heavy atom. The van der Waals surface area contributed by atoms with Gasteiger partial charge in [-0.15, -0.1) is 0 Å². The highest BCUT2D eigenvalue weighted by atomic mass is 16.5. The Balaban J connectivity index is 1.82. The Labute approximate surface area is 124 Å². The summed E-state index contributed by atoms with van der Waals surface area (Å²) in [6.45, 7) is 5.98. The summed E-state index contributed by atoms with van der Waals surface area (Å²) in [6, 6.07) is 8.32. The molecular weight excluding hydrogens is 270 g/mol. The van der Waals surface area contributed by atoms with Gasteiger partial charge in [-0.25, -0.2) is 4.79 Å². The fourth-order valence-corrected chi connectivity index (χ4v) is 2.59. The van der Waals surface area contributed by atoms with Crippen molar-refractivity contribution in [3.05, 3.63) is 29.8 Å². The fraction of sp³-hybridized carbons (Fsp3) is 0.467. The Morgan fingerprint density at radius 2 is 1.95 bits per heavy atom. The lowest BCUT2D eigenvalue weighted by molar-refractivity contribution is -0.892. The second-order valence-electron chi connectivity index (χ2n) is 5.24. The summed E-state index contributed by atoms with van der Waals surface area (Å²) in [6.07, 6.45) is -0.696. The zero-order valence-electron chi connectivity index (χ0n) is 12.5. The SMILES string of the molecule is COC(=O)NC(=O)C[NH+]1CCN(c2ccccc2C)CC1. The Kier molecular flexibility index (Phi) is 5.16. The molecule has 1 aliphatic rings. The Morgan fingerprint density at radius 3 is 2.57 bits per heavy atom. The van der Waals surface area contributed by atoms with Crippen LogP contribution in [0.15, 0.2) is 24.3 Å². The van der Waals surface area contributed by atoms with Crippen LogP contribution in [-0.4, -0.2) is 51.8 Å². The molecule has 1 saturated heterocycles. The molecule has 0 bridgehead atoms. The topological polar surface area (TPSA) is 63.1 Å². The molecule has 0 aromatic heterocycles. The number of hydrogen-bond acceptors (Lipinski definition) is 4. The van der Waals surface area contributed by atoms with E-state index in [1.807, 2.05) is 12.1 Å². The summed E-state index contributed by atoms with van der Waals surface area (Å²) < 4.78 is 4.41. The van der Waals surface area contributed by atoms with E-state index in [0.717, 1.165) is 26.2 Å². The van der Waals surface area contributed by atoms with Gasteiger partial charge in [0.1, 0.15) is 0 Å². The second-order valence-corrected chi connectivity index (χ2v) is 5.24. The molecular formula is C15H22N3O3+. The minimum atomic E-state index is -0.696. The molecule has 1 heterocycles. The van der Waals surface area contributed by atoms with Gasteiger partial charge in [0.05, 0.1) is 33.3 Å². The predicted molar refractivity (Wildman–Crippen MR) is 79.5 cm³/mol. The molecule has 0 spiro atoms. The third-order valence-electron chi connectivity index (χ3n) is 3.76. The number of para-hydroxylation sites is 1. The quantitative estimate of drug-likeness (QED) is 0.794. The molecule has 1 fully saturated rings. The van der Waals surface area contributed by atoms with Crippen LogP contribution in [0.5, 0.6) is 0 Å². The van der Waals surface area contributed by atoms with Crippen molar-refractivity contribution in [2.45, 2.75) is 6.92 Å². The highest BCUT2D eigenvalue weighted by Crippen LogP contribution is 2.18.